The lowest BCUT2D eigenvalue weighted by Crippen LogP contribution is -2.37. The fourth-order valence-electron chi connectivity index (χ4n) is 2.63. The average molecular weight is 320 g/mol. The van der Waals surface area contributed by atoms with Crippen LogP contribution in [-0.2, 0) is 4.79 Å². The Labute approximate surface area is 133 Å². The SMILES string of the molecule is CC1(C)CC(=O)c2c(ccc(C(=O)CC(CO)NC=O)c2N)O1. The van der Waals surface area contributed by atoms with Crippen molar-refractivity contribution >= 4 is 23.7 Å². The molecule has 1 aromatic rings. The van der Waals surface area contributed by atoms with Crippen molar-refractivity contribution in [3.8, 4) is 5.75 Å². The number of anilines is 1. The number of nitrogens with two attached hydrogens (primary N) is 1. The molecule has 0 saturated heterocycles. The van der Waals surface area contributed by atoms with Crippen LogP contribution in [0, 0.1) is 0 Å². The Bertz CT molecular complexity index is 654. The molecule has 23 heavy (non-hydrogen) atoms. The van der Waals surface area contributed by atoms with Crippen molar-refractivity contribution in [1.29, 1.82) is 0 Å². The largest absolute Gasteiger partial charge is 0.487 e. The van der Waals surface area contributed by atoms with Gasteiger partial charge in [-0.05, 0) is 26.0 Å². The van der Waals surface area contributed by atoms with Crippen LogP contribution >= 0.6 is 0 Å². The number of fused-ring (bicyclic) bond motifs is 1. The van der Waals surface area contributed by atoms with Crippen LogP contribution in [0.5, 0.6) is 5.75 Å². The average Bonchev–Trinajstić information content (AvgIpc) is 2.44. The van der Waals surface area contributed by atoms with Crippen LogP contribution in [0.15, 0.2) is 12.1 Å². The number of carbonyl (C=O) groups is 3. The van der Waals surface area contributed by atoms with Gasteiger partial charge in [0.15, 0.2) is 11.6 Å². The van der Waals surface area contributed by atoms with Crippen molar-refractivity contribution in [3.05, 3.63) is 23.3 Å². The number of aliphatic hydroxyl groups excluding tert-OH is 1. The number of hydrogen-bond donors (Lipinski definition) is 3. The number of nitrogens with one attached hydrogen (secondary N) is 1. The van der Waals surface area contributed by atoms with Crippen molar-refractivity contribution in [2.75, 3.05) is 12.3 Å². The van der Waals surface area contributed by atoms with Gasteiger partial charge in [-0.25, -0.2) is 0 Å². The van der Waals surface area contributed by atoms with E-state index < -0.39 is 11.6 Å². The molecule has 1 aliphatic heterocycles. The molecule has 1 amide bonds. The highest BCUT2D eigenvalue weighted by molar-refractivity contribution is 6.11. The summed E-state index contributed by atoms with van der Waals surface area (Å²) in [6.07, 6.45) is 0.483. The lowest BCUT2D eigenvalue weighted by atomic mass is 9.89. The summed E-state index contributed by atoms with van der Waals surface area (Å²) in [4.78, 5) is 35.1. The molecule has 124 valence electrons. The zero-order valence-electron chi connectivity index (χ0n) is 13.1. The third-order valence-corrected chi connectivity index (χ3v) is 3.71. The summed E-state index contributed by atoms with van der Waals surface area (Å²) >= 11 is 0. The van der Waals surface area contributed by atoms with E-state index in [1.54, 1.807) is 19.9 Å². The highest BCUT2D eigenvalue weighted by Crippen LogP contribution is 2.38. The Morgan fingerprint density at radius 2 is 2.22 bits per heavy atom. The maximum atomic E-state index is 12.3. The van der Waals surface area contributed by atoms with Crippen LogP contribution in [0.1, 0.15) is 47.4 Å². The lowest BCUT2D eigenvalue weighted by Gasteiger charge is -2.32. The van der Waals surface area contributed by atoms with Gasteiger partial charge in [-0.2, -0.15) is 0 Å². The molecule has 1 aliphatic rings. The number of aliphatic hydroxyl groups is 1. The third-order valence-electron chi connectivity index (χ3n) is 3.71. The number of nitrogen functional groups attached to an aromatic ring is 1. The predicted octanol–water partition coefficient (Wildman–Crippen LogP) is 0.692. The fourth-order valence-corrected chi connectivity index (χ4v) is 2.63. The molecule has 0 saturated carbocycles. The van der Waals surface area contributed by atoms with Gasteiger partial charge in [0.2, 0.25) is 6.41 Å². The second-order valence-corrected chi connectivity index (χ2v) is 6.15. The Balaban J connectivity index is 2.32. The molecule has 7 heteroatoms. The molecule has 0 spiro atoms. The molecule has 1 atom stereocenters. The second kappa shape index (κ2) is 6.37. The maximum Gasteiger partial charge on any atom is 0.207 e. The van der Waals surface area contributed by atoms with E-state index in [-0.39, 0.29) is 47.8 Å². The summed E-state index contributed by atoms with van der Waals surface area (Å²) in [7, 11) is 0. The predicted molar refractivity (Wildman–Crippen MR) is 83.5 cm³/mol. The fraction of sp³-hybridized carbons (Fsp3) is 0.438. The number of hydrogen-bond acceptors (Lipinski definition) is 6. The molecule has 0 aromatic heterocycles. The molecule has 7 nitrogen and oxygen atoms in total. The van der Waals surface area contributed by atoms with Crippen molar-refractivity contribution in [3.63, 3.8) is 0 Å². The summed E-state index contributed by atoms with van der Waals surface area (Å²) in [6.45, 7) is 3.24. The number of rotatable bonds is 6. The molecule has 0 aliphatic carbocycles. The zero-order chi connectivity index (χ0) is 17.2. The van der Waals surface area contributed by atoms with Gasteiger partial charge < -0.3 is 20.9 Å². The van der Waals surface area contributed by atoms with Crippen molar-refractivity contribution in [2.45, 2.75) is 38.3 Å². The summed E-state index contributed by atoms with van der Waals surface area (Å²) in [5, 5.41) is 11.5. The van der Waals surface area contributed by atoms with Crippen LogP contribution in [0.2, 0.25) is 0 Å². The standard InChI is InChI=1S/C16H20N2O5/c1-16(2)6-12(22)14-13(23-16)4-3-10(15(14)17)11(21)5-9(7-19)18-8-20/h3-4,8-9,19H,5-7,17H2,1-2H3,(H,18,20). The van der Waals surface area contributed by atoms with E-state index in [2.05, 4.69) is 5.32 Å². The number of amides is 1. The van der Waals surface area contributed by atoms with Gasteiger partial charge in [0, 0.05) is 12.0 Å². The van der Waals surface area contributed by atoms with Gasteiger partial charge in [-0.1, -0.05) is 0 Å². The first kappa shape index (κ1) is 17.0. The van der Waals surface area contributed by atoms with Crippen molar-refractivity contribution < 1.29 is 24.2 Å². The van der Waals surface area contributed by atoms with E-state index in [1.807, 2.05) is 0 Å². The van der Waals surface area contributed by atoms with Crippen LogP contribution in [-0.4, -0.2) is 41.3 Å². The first-order chi connectivity index (χ1) is 10.8. The zero-order valence-corrected chi connectivity index (χ0v) is 13.1. The third kappa shape index (κ3) is 3.50. The quantitative estimate of drug-likeness (QED) is 0.403. The van der Waals surface area contributed by atoms with E-state index in [0.717, 1.165) is 0 Å². The number of benzene rings is 1. The summed E-state index contributed by atoms with van der Waals surface area (Å²) in [6, 6.07) is 2.36. The van der Waals surface area contributed by atoms with E-state index in [0.29, 0.717) is 12.2 Å². The van der Waals surface area contributed by atoms with Gasteiger partial charge in [0.1, 0.15) is 11.4 Å². The Kier molecular flexibility index (Phi) is 4.70. The highest BCUT2D eigenvalue weighted by Gasteiger charge is 2.35. The molecule has 1 unspecified atom stereocenters. The number of carbonyl (C=O) groups excluding carboxylic acids is 3. The first-order valence-electron chi connectivity index (χ1n) is 7.27. The molecule has 4 N–H and O–H groups in total. The minimum Gasteiger partial charge on any atom is -0.487 e. The van der Waals surface area contributed by atoms with Crippen LogP contribution in [0.4, 0.5) is 5.69 Å². The summed E-state index contributed by atoms with van der Waals surface area (Å²) < 4.78 is 5.74. The molecular weight excluding hydrogens is 300 g/mol. The van der Waals surface area contributed by atoms with Crippen LogP contribution in [0.25, 0.3) is 0 Å². The van der Waals surface area contributed by atoms with Gasteiger partial charge in [0.05, 0.1) is 30.3 Å². The van der Waals surface area contributed by atoms with Gasteiger partial charge >= 0.3 is 0 Å². The molecule has 0 bridgehead atoms. The molecule has 1 heterocycles. The molecule has 1 aromatic carbocycles. The number of Topliss-reactive ketones (excluding diaryl/α,β-unsaturated/α-hetero) is 2. The highest BCUT2D eigenvalue weighted by atomic mass is 16.5. The first-order valence-corrected chi connectivity index (χ1v) is 7.27. The Hall–Kier alpha value is -2.41. The van der Waals surface area contributed by atoms with Crippen molar-refractivity contribution in [2.24, 2.45) is 0 Å². The molecular formula is C16H20N2O5. The number of ketones is 2. The van der Waals surface area contributed by atoms with E-state index in [9.17, 15) is 14.4 Å². The Morgan fingerprint density at radius 1 is 1.52 bits per heavy atom. The molecule has 0 fully saturated rings. The molecule has 2 rings (SSSR count). The Morgan fingerprint density at radius 3 is 2.83 bits per heavy atom. The maximum absolute atomic E-state index is 12.3. The topological polar surface area (TPSA) is 119 Å². The summed E-state index contributed by atoms with van der Waals surface area (Å²) in [5.41, 5.74) is 5.88. The van der Waals surface area contributed by atoms with Gasteiger partial charge in [-0.3, -0.25) is 14.4 Å². The monoisotopic (exact) mass is 320 g/mol. The lowest BCUT2D eigenvalue weighted by molar-refractivity contribution is -0.110. The van der Waals surface area contributed by atoms with E-state index in [4.69, 9.17) is 15.6 Å². The minimum atomic E-state index is -0.693. The van der Waals surface area contributed by atoms with Gasteiger partial charge in [-0.15, -0.1) is 0 Å². The smallest absolute Gasteiger partial charge is 0.207 e. The van der Waals surface area contributed by atoms with Crippen molar-refractivity contribution in [1.82, 2.24) is 5.32 Å². The van der Waals surface area contributed by atoms with Crippen LogP contribution in [0.3, 0.4) is 0 Å². The van der Waals surface area contributed by atoms with E-state index in [1.165, 1.54) is 6.07 Å². The second-order valence-electron chi connectivity index (χ2n) is 6.15. The van der Waals surface area contributed by atoms with Crippen LogP contribution < -0.4 is 15.8 Å². The van der Waals surface area contributed by atoms with E-state index >= 15 is 0 Å². The number of ether oxygens (including phenoxy) is 1. The van der Waals surface area contributed by atoms with Gasteiger partial charge in [0.25, 0.3) is 0 Å². The minimum absolute atomic E-state index is 0.0794. The molecule has 0 radical (unpaired) electrons. The normalized spacial score (nSPS) is 16.9. The summed E-state index contributed by atoms with van der Waals surface area (Å²) in [5.74, 6) is -0.172.